The smallest absolute Gasteiger partial charge is 0.0478 e. The summed E-state index contributed by atoms with van der Waals surface area (Å²) in [7, 11) is 0. The maximum absolute atomic E-state index is 12.0. The predicted molar refractivity (Wildman–Crippen MR) is 123 cm³/mol. The Morgan fingerprint density at radius 2 is 1.07 bits per heavy atom. The van der Waals surface area contributed by atoms with E-state index in [2.05, 4.69) is 27.7 Å². The van der Waals surface area contributed by atoms with Gasteiger partial charge in [0, 0.05) is 11.4 Å². The van der Waals surface area contributed by atoms with E-state index in [-0.39, 0.29) is 12.1 Å². The molecule has 0 aliphatic heterocycles. The van der Waals surface area contributed by atoms with Gasteiger partial charge in [0.2, 0.25) is 0 Å². The first-order valence-electron chi connectivity index (χ1n) is 12.3. The van der Waals surface area contributed by atoms with Crippen molar-refractivity contribution in [2.24, 2.45) is 11.3 Å². The molecular formula is C25H53NO2. The average Bonchev–Trinajstić information content (AvgIpc) is 2.65. The molecule has 4 N–H and O–H groups in total. The number of quaternary nitrogens is 1. The van der Waals surface area contributed by atoms with Crippen molar-refractivity contribution in [2.75, 3.05) is 0 Å². The second-order valence-electron chi connectivity index (χ2n) is 8.73. The molecule has 0 spiro atoms. The summed E-state index contributed by atoms with van der Waals surface area (Å²) in [6.07, 6.45) is 21.7. The number of carbonyl (C=O) groups is 1. The number of rotatable bonds is 20. The van der Waals surface area contributed by atoms with Crippen LogP contribution in [0.15, 0.2) is 0 Å². The van der Waals surface area contributed by atoms with Crippen molar-refractivity contribution in [3.63, 3.8) is 0 Å². The molecule has 170 valence electrons. The van der Waals surface area contributed by atoms with Crippen molar-refractivity contribution in [3.05, 3.63) is 0 Å². The fraction of sp³-hybridized carbons (Fsp3) is 0.960. The third-order valence-electron chi connectivity index (χ3n) is 6.48. The molecule has 0 rings (SSSR count). The van der Waals surface area contributed by atoms with Crippen molar-refractivity contribution in [1.82, 2.24) is 6.15 Å². The van der Waals surface area contributed by atoms with Gasteiger partial charge in [-0.25, -0.2) is 0 Å². The Morgan fingerprint density at radius 3 is 1.39 bits per heavy atom. The fourth-order valence-corrected chi connectivity index (χ4v) is 4.90. The molecule has 0 saturated heterocycles. The first kappa shape index (κ1) is 29.6. The molecule has 1 atom stereocenters. The van der Waals surface area contributed by atoms with Crippen LogP contribution in [-0.4, -0.2) is 5.97 Å². The molecule has 0 aromatic heterocycles. The van der Waals surface area contributed by atoms with Gasteiger partial charge < -0.3 is 16.1 Å². The Hall–Kier alpha value is -0.570. The summed E-state index contributed by atoms with van der Waals surface area (Å²) in [6.45, 7) is 8.64. The molecule has 3 nitrogen and oxygen atoms in total. The summed E-state index contributed by atoms with van der Waals surface area (Å²) in [4.78, 5) is 12.0. The molecule has 3 heteroatoms. The van der Waals surface area contributed by atoms with Crippen LogP contribution >= 0.6 is 0 Å². The summed E-state index contributed by atoms with van der Waals surface area (Å²) < 4.78 is 0. The van der Waals surface area contributed by atoms with Gasteiger partial charge in [-0.3, -0.25) is 0 Å². The standard InChI is InChI=1S/C25H50O2.H3N/c1-5-9-10-11-12-13-14-15-16-17-18-19-20-23(8-4)25(21-6-2,22-7-3)24(26)27;/h23H,5-22H2,1-4H3,(H,26,27);1H3. The molecule has 0 aromatic rings. The van der Waals surface area contributed by atoms with Crippen LogP contribution in [0.25, 0.3) is 0 Å². The number of unbranched alkanes of at least 4 members (excludes halogenated alkanes) is 11. The molecule has 0 fully saturated rings. The van der Waals surface area contributed by atoms with Gasteiger partial charge in [0.25, 0.3) is 0 Å². The molecule has 0 amide bonds. The van der Waals surface area contributed by atoms with Crippen LogP contribution < -0.4 is 11.3 Å². The minimum Gasteiger partial charge on any atom is -0.550 e. The van der Waals surface area contributed by atoms with Crippen LogP contribution in [-0.2, 0) is 4.79 Å². The highest BCUT2D eigenvalue weighted by Gasteiger charge is 2.37. The Balaban J connectivity index is 0. The summed E-state index contributed by atoms with van der Waals surface area (Å²) in [5.41, 5.74) is -0.587. The Morgan fingerprint density at radius 1 is 0.679 bits per heavy atom. The van der Waals surface area contributed by atoms with E-state index in [1.807, 2.05) is 0 Å². The van der Waals surface area contributed by atoms with Crippen molar-refractivity contribution in [3.8, 4) is 0 Å². The van der Waals surface area contributed by atoms with Gasteiger partial charge in [0.15, 0.2) is 0 Å². The molecule has 0 bridgehead atoms. The molecule has 1 unspecified atom stereocenters. The van der Waals surface area contributed by atoms with Crippen LogP contribution in [0.3, 0.4) is 0 Å². The lowest BCUT2D eigenvalue weighted by molar-refractivity contribution is -0.323. The molecule has 0 heterocycles. The van der Waals surface area contributed by atoms with Crippen molar-refractivity contribution in [1.29, 1.82) is 0 Å². The number of carboxylic acids is 1. The lowest BCUT2D eigenvalue weighted by Gasteiger charge is -2.42. The monoisotopic (exact) mass is 399 g/mol. The van der Waals surface area contributed by atoms with Crippen LogP contribution in [0.5, 0.6) is 0 Å². The number of hydrogen-bond donors (Lipinski definition) is 1. The van der Waals surface area contributed by atoms with E-state index in [9.17, 15) is 9.90 Å². The van der Waals surface area contributed by atoms with Crippen LogP contribution in [0.4, 0.5) is 0 Å². The predicted octanol–water partition coefficient (Wildman–Crippen LogP) is 7.82. The van der Waals surface area contributed by atoms with Crippen LogP contribution in [0, 0.1) is 11.3 Å². The summed E-state index contributed by atoms with van der Waals surface area (Å²) in [5.74, 6) is -0.512. The van der Waals surface area contributed by atoms with Crippen molar-refractivity contribution >= 4 is 5.97 Å². The summed E-state index contributed by atoms with van der Waals surface area (Å²) in [6, 6.07) is 0. The van der Waals surface area contributed by atoms with E-state index < -0.39 is 11.4 Å². The number of carbonyl (C=O) groups excluding carboxylic acids is 1. The zero-order chi connectivity index (χ0) is 20.4. The Bertz CT molecular complexity index is 337. The molecule has 28 heavy (non-hydrogen) atoms. The third kappa shape index (κ3) is 12.1. The topological polar surface area (TPSA) is 76.6 Å². The van der Waals surface area contributed by atoms with Gasteiger partial charge in [-0.2, -0.15) is 0 Å². The highest BCUT2D eigenvalue weighted by molar-refractivity contribution is 5.72. The largest absolute Gasteiger partial charge is 0.550 e. The highest BCUT2D eigenvalue weighted by atomic mass is 16.4. The zero-order valence-electron chi connectivity index (χ0n) is 20.1. The van der Waals surface area contributed by atoms with E-state index in [4.69, 9.17) is 0 Å². The first-order valence-corrected chi connectivity index (χ1v) is 12.3. The molecule has 0 aliphatic carbocycles. The summed E-state index contributed by atoms with van der Waals surface area (Å²) in [5, 5.41) is 12.0. The fourth-order valence-electron chi connectivity index (χ4n) is 4.90. The van der Waals surface area contributed by atoms with E-state index in [1.54, 1.807) is 0 Å². The summed E-state index contributed by atoms with van der Waals surface area (Å²) >= 11 is 0. The molecule has 0 aliphatic rings. The maximum atomic E-state index is 12.0. The normalized spacial score (nSPS) is 12.6. The zero-order valence-corrected chi connectivity index (χ0v) is 20.1. The quantitative estimate of drug-likeness (QED) is 0.212. The molecule has 0 saturated carbocycles. The van der Waals surface area contributed by atoms with Crippen LogP contribution in [0.2, 0.25) is 0 Å². The minimum absolute atomic E-state index is 0. The lowest BCUT2D eigenvalue weighted by Crippen LogP contribution is -2.47. The van der Waals surface area contributed by atoms with Gasteiger partial charge in [0.1, 0.15) is 0 Å². The SMILES string of the molecule is CCCCCCCCCCCCCCC(CC)C(CCC)(CCC)C(=O)[O-].[NH4+]. The minimum atomic E-state index is -0.794. The van der Waals surface area contributed by atoms with Gasteiger partial charge >= 0.3 is 0 Å². The van der Waals surface area contributed by atoms with Gasteiger partial charge in [-0.15, -0.1) is 0 Å². The van der Waals surface area contributed by atoms with E-state index in [1.165, 1.54) is 77.0 Å². The maximum Gasteiger partial charge on any atom is 0.0478 e. The van der Waals surface area contributed by atoms with Gasteiger partial charge in [-0.1, -0.05) is 124 Å². The van der Waals surface area contributed by atoms with Gasteiger partial charge in [-0.05, 0) is 25.2 Å². The highest BCUT2D eigenvalue weighted by Crippen LogP contribution is 2.42. The second kappa shape index (κ2) is 19.7. The lowest BCUT2D eigenvalue weighted by atomic mass is 9.66. The Labute approximate surface area is 177 Å². The third-order valence-corrected chi connectivity index (χ3v) is 6.48. The Kier molecular flexibility index (Phi) is 20.9. The first-order chi connectivity index (χ1) is 13.1. The number of hydrogen-bond acceptors (Lipinski definition) is 2. The van der Waals surface area contributed by atoms with Crippen molar-refractivity contribution < 1.29 is 9.90 Å². The second-order valence-corrected chi connectivity index (χ2v) is 8.73. The van der Waals surface area contributed by atoms with E-state index in [0.717, 1.165) is 38.5 Å². The van der Waals surface area contributed by atoms with E-state index >= 15 is 0 Å². The van der Waals surface area contributed by atoms with Gasteiger partial charge in [0.05, 0.1) is 0 Å². The molecular weight excluding hydrogens is 346 g/mol. The van der Waals surface area contributed by atoms with Crippen molar-refractivity contribution in [2.45, 2.75) is 143 Å². The molecule has 0 aromatic carbocycles. The van der Waals surface area contributed by atoms with E-state index in [0.29, 0.717) is 0 Å². The molecule has 0 radical (unpaired) electrons. The van der Waals surface area contributed by atoms with Crippen LogP contribution in [0.1, 0.15) is 143 Å². The number of carboxylic acid groups (broad SMARTS) is 1. The average molecular weight is 400 g/mol. The number of aliphatic carboxylic acids is 1.